The number of allylic oxidation sites excluding steroid dienone is 2. The first kappa shape index (κ1) is 19.5. The second kappa shape index (κ2) is 7.48. The zero-order chi connectivity index (χ0) is 16.8. The molecule has 1 N–H and O–H groups in total. The second-order valence-corrected chi connectivity index (χ2v) is 7.00. The Bertz CT molecular complexity index is 437. The van der Waals surface area contributed by atoms with Crippen LogP contribution in [0.15, 0.2) is 36.1 Å². The van der Waals surface area contributed by atoms with Crippen molar-refractivity contribution in [3.8, 4) is 0 Å². The Labute approximate surface area is 130 Å². The van der Waals surface area contributed by atoms with Crippen LogP contribution < -0.4 is 5.32 Å². The fourth-order valence-electron chi connectivity index (χ4n) is 1.99. The highest BCUT2D eigenvalue weighted by molar-refractivity contribution is 5.86. The van der Waals surface area contributed by atoms with E-state index < -0.39 is 0 Å². The molecule has 0 saturated carbocycles. The van der Waals surface area contributed by atoms with Gasteiger partial charge in [0.05, 0.1) is 0 Å². The molecule has 0 aliphatic heterocycles. The third-order valence-electron chi connectivity index (χ3n) is 3.78. The number of nitrogens with one attached hydrogen (secondary N) is 1. The molecule has 0 spiro atoms. The van der Waals surface area contributed by atoms with Crippen molar-refractivity contribution in [3.63, 3.8) is 0 Å². The molecule has 1 atom stereocenters. The van der Waals surface area contributed by atoms with Gasteiger partial charge in [0, 0.05) is 23.2 Å². The Morgan fingerprint density at radius 2 is 1.67 bits per heavy atom. The first-order valence-electron chi connectivity index (χ1n) is 7.33. The van der Waals surface area contributed by atoms with Crippen LogP contribution in [-0.4, -0.2) is 19.1 Å². The molecule has 0 rings (SSSR count). The van der Waals surface area contributed by atoms with E-state index in [-0.39, 0.29) is 16.8 Å². The van der Waals surface area contributed by atoms with Crippen LogP contribution >= 0.6 is 0 Å². The van der Waals surface area contributed by atoms with Gasteiger partial charge in [-0.25, -0.2) is 4.79 Å². The minimum atomic E-state index is -0.356. The number of esters is 1. The molecule has 0 saturated heterocycles. The molecule has 0 aromatic heterocycles. The van der Waals surface area contributed by atoms with Gasteiger partial charge >= 0.3 is 5.97 Å². The molecule has 0 fully saturated rings. The Morgan fingerprint density at radius 3 is 2.05 bits per heavy atom. The molecule has 0 aliphatic carbocycles. The van der Waals surface area contributed by atoms with Gasteiger partial charge < -0.3 is 10.1 Å². The largest absolute Gasteiger partial charge is 0.460 e. The van der Waals surface area contributed by atoms with Crippen LogP contribution in [0.25, 0.3) is 0 Å². The minimum Gasteiger partial charge on any atom is -0.460 e. The van der Waals surface area contributed by atoms with Crippen LogP contribution in [0.3, 0.4) is 0 Å². The number of hydrogen-bond acceptors (Lipinski definition) is 3. The molecule has 0 aromatic rings. The number of rotatable bonds is 7. The number of carbonyl (C=O) groups excluding carboxylic acids is 1. The van der Waals surface area contributed by atoms with E-state index in [0.717, 1.165) is 5.70 Å². The Hall–Kier alpha value is -1.51. The summed E-state index contributed by atoms with van der Waals surface area (Å²) in [5, 5.41) is 3.28. The van der Waals surface area contributed by atoms with E-state index in [0.29, 0.717) is 18.7 Å². The molecular weight excluding hydrogens is 262 g/mol. The molecular formula is C18H31NO2. The van der Waals surface area contributed by atoms with Gasteiger partial charge in [-0.1, -0.05) is 52.5 Å². The maximum atomic E-state index is 11.3. The predicted molar refractivity (Wildman–Crippen MR) is 89.9 cm³/mol. The molecule has 3 heteroatoms. The van der Waals surface area contributed by atoms with E-state index in [2.05, 4.69) is 66.1 Å². The number of ether oxygens (including phenoxy) is 1. The van der Waals surface area contributed by atoms with Crippen LogP contribution in [0.5, 0.6) is 0 Å². The van der Waals surface area contributed by atoms with Crippen molar-refractivity contribution in [1.82, 2.24) is 5.32 Å². The van der Waals surface area contributed by atoms with Gasteiger partial charge in [-0.15, -0.1) is 0 Å². The van der Waals surface area contributed by atoms with Crippen molar-refractivity contribution >= 4 is 5.97 Å². The highest BCUT2D eigenvalue weighted by atomic mass is 16.5. The molecule has 0 amide bonds. The Morgan fingerprint density at radius 1 is 1.14 bits per heavy atom. The highest BCUT2D eigenvalue weighted by Gasteiger charge is 2.38. The van der Waals surface area contributed by atoms with Crippen LogP contribution in [0.1, 0.15) is 48.5 Å². The maximum absolute atomic E-state index is 11.3. The summed E-state index contributed by atoms with van der Waals surface area (Å²) in [6.07, 6.45) is 2.24. The first-order valence-corrected chi connectivity index (χ1v) is 7.33. The third kappa shape index (κ3) is 5.78. The minimum absolute atomic E-state index is 0.0305. The van der Waals surface area contributed by atoms with E-state index in [1.54, 1.807) is 6.92 Å². The quantitative estimate of drug-likeness (QED) is 0.330. The van der Waals surface area contributed by atoms with Crippen molar-refractivity contribution in [1.29, 1.82) is 0 Å². The van der Waals surface area contributed by atoms with Crippen molar-refractivity contribution in [2.24, 2.45) is 10.8 Å². The Kier molecular flexibility index (Phi) is 6.95. The van der Waals surface area contributed by atoms with Crippen molar-refractivity contribution in [3.05, 3.63) is 36.1 Å². The van der Waals surface area contributed by atoms with Gasteiger partial charge in [-0.3, -0.25) is 0 Å². The van der Waals surface area contributed by atoms with Crippen LogP contribution in [0, 0.1) is 10.8 Å². The number of hydrogen-bond donors (Lipinski definition) is 1. The maximum Gasteiger partial charge on any atom is 0.333 e. The molecule has 21 heavy (non-hydrogen) atoms. The predicted octanol–water partition coefficient (Wildman–Crippen LogP) is 4.23. The summed E-state index contributed by atoms with van der Waals surface area (Å²) in [6.45, 7) is 23.2. The zero-order valence-electron chi connectivity index (χ0n) is 14.7. The summed E-state index contributed by atoms with van der Waals surface area (Å²) in [5.74, 6) is -0.356. The van der Waals surface area contributed by atoms with E-state index >= 15 is 0 Å². The lowest BCUT2D eigenvalue weighted by atomic mass is 9.65. The van der Waals surface area contributed by atoms with Crippen molar-refractivity contribution in [2.45, 2.75) is 48.5 Å². The van der Waals surface area contributed by atoms with Gasteiger partial charge in [0.15, 0.2) is 0 Å². The summed E-state index contributed by atoms with van der Waals surface area (Å²) >= 11 is 0. The molecule has 120 valence electrons. The fraction of sp³-hybridized carbons (Fsp3) is 0.611. The summed E-state index contributed by atoms with van der Waals surface area (Å²) < 4.78 is 5.08. The third-order valence-corrected chi connectivity index (χ3v) is 3.78. The lowest BCUT2D eigenvalue weighted by Crippen LogP contribution is -2.39. The first-order chi connectivity index (χ1) is 9.41. The molecule has 0 heterocycles. The molecule has 0 bridgehead atoms. The summed E-state index contributed by atoms with van der Waals surface area (Å²) in [6, 6.07) is 0. The van der Waals surface area contributed by atoms with Gasteiger partial charge in [-0.2, -0.15) is 0 Å². The van der Waals surface area contributed by atoms with Crippen LogP contribution in [-0.2, 0) is 9.53 Å². The highest BCUT2D eigenvalue weighted by Crippen LogP contribution is 2.44. The summed E-state index contributed by atoms with van der Waals surface area (Å²) in [4.78, 5) is 11.3. The van der Waals surface area contributed by atoms with E-state index in [1.165, 1.54) is 5.57 Å². The SMILES string of the molecule is C=C(C)C(=O)OCCNC(=C)C(C)(C=C(C)C)C(C)(C)C. The average Bonchev–Trinajstić information content (AvgIpc) is 2.31. The average molecular weight is 293 g/mol. The topological polar surface area (TPSA) is 38.3 Å². The van der Waals surface area contributed by atoms with Gasteiger partial charge in [0.1, 0.15) is 6.61 Å². The smallest absolute Gasteiger partial charge is 0.333 e. The fourth-order valence-corrected chi connectivity index (χ4v) is 1.99. The van der Waals surface area contributed by atoms with Gasteiger partial charge in [0.25, 0.3) is 0 Å². The standard InChI is InChI=1S/C18H31NO2/c1-13(2)12-18(9,17(6,7)8)15(5)19-10-11-21-16(20)14(3)4/h12,19H,3,5,10-11H2,1-2,4,6-9H3. The Balaban J connectivity index is 4.70. The van der Waals surface area contributed by atoms with Gasteiger partial charge in [0.2, 0.25) is 0 Å². The van der Waals surface area contributed by atoms with Gasteiger partial charge in [-0.05, 0) is 26.2 Å². The number of carbonyl (C=O) groups is 1. The molecule has 0 aliphatic rings. The monoisotopic (exact) mass is 293 g/mol. The zero-order valence-corrected chi connectivity index (χ0v) is 14.7. The summed E-state index contributed by atoms with van der Waals surface area (Å²) in [7, 11) is 0. The molecule has 0 radical (unpaired) electrons. The van der Waals surface area contributed by atoms with Crippen LogP contribution in [0.2, 0.25) is 0 Å². The van der Waals surface area contributed by atoms with Crippen LogP contribution in [0.4, 0.5) is 0 Å². The molecule has 1 unspecified atom stereocenters. The normalized spacial score (nSPS) is 13.9. The van der Waals surface area contributed by atoms with E-state index in [1.807, 2.05) is 0 Å². The van der Waals surface area contributed by atoms with E-state index in [9.17, 15) is 4.79 Å². The second-order valence-electron chi connectivity index (χ2n) is 7.00. The van der Waals surface area contributed by atoms with Crippen molar-refractivity contribution in [2.75, 3.05) is 13.2 Å². The molecule has 3 nitrogen and oxygen atoms in total. The van der Waals surface area contributed by atoms with E-state index in [4.69, 9.17) is 4.74 Å². The lowest BCUT2D eigenvalue weighted by molar-refractivity contribution is -0.138. The summed E-state index contributed by atoms with van der Waals surface area (Å²) in [5.41, 5.74) is 2.46. The molecule has 0 aromatic carbocycles. The van der Waals surface area contributed by atoms with Crippen molar-refractivity contribution < 1.29 is 9.53 Å². The lowest BCUT2D eigenvalue weighted by Gasteiger charge is -2.42.